The number of halogens is 2. The van der Waals surface area contributed by atoms with Crippen LogP contribution in [0.5, 0.6) is 0 Å². The molecule has 1 saturated heterocycles. The van der Waals surface area contributed by atoms with Gasteiger partial charge in [0.2, 0.25) is 0 Å². The molecular weight excluding hydrogens is 236 g/mol. The lowest BCUT2D eigenvalue weighted by Gasteiger charge is -2.25. The van der Waals surface area contributed by atoms with Gasteiger partial charge in [-0.3, -0.25) is 0 Å². The molecule has 1 N–H and O–H groups in total. The molecule has 2 atom stereocenters. The first-order valence-electron chi connectivity index (χ1n) is 6.44. The number of likely N-dealkylation sites (N-methyl/N-ethyl adjacent to an activating group) is 1. The maximum absolute atomic E-state index is 14.0. The van der Waals surface area contributed by atoms with E-state index < -0.39 is 11.6 Å². The Morgan fingerprint density at radius 1 is 1.39 bits per heavy atom. The summed E-state index contributed by atoms with van der Waals surface area (Å²) in [6, 6.07) is 3.00. The zero-order chi connectivity index (χ0) is 13.1. The average molecular weight is 255 g/mol. The van der Waals surface area contributed by atoms with E-state index in [4.69, 9.17) is 4.74 Å². The highest BCUT2D eigenvalue weighted by Gasteiger charge is 2.29. The smallest absolute Gasteiger partial charge is 0.163 e. The van der Waals surface area contributed by atoms with Gasteiger partial charge in [-0.2, -0.15) is 0 Å². The van der Waals surface area contributed by atoms with Crippen molar-refractivity contribution in [1.82, 2.24) is 5.32 Å². The minimum atomic E-state index is -0.756. The normalized spacial score (nSPS) is 21.2. The maximum Gasteiger partial charge on any atom is 0.163 e. The molecule has 0 spiro atoms. The van der Waals surface area contributed by atoms with Crippen LogP contribution < -0.4 is 5.32 Å². The molecule has 0 aliphatic carbocycles. The van der Waals surface area contributed by atoms with E-state index >= 15 is 0 Å². The van der Waals surface area contributed by atoms with E-state index in [1.165, 1.54) is 0 Å². The molecular formula is C14H19F2NO. The highest BCUT2D eigenvalue weighted by atomic mass is 19.2. The average Bonchev–Trinajstić information content (AvgIpc) is 2.88. The van der Waals surface area contributed by atoms with Gasteiger partial charge < -0.3 is 10.1 Å². The first-order chi connectivity index (χ1) is 8.65. The van der Waals surface area contributed by atoms with E-state index in [1.54, 1.807) is 19.1 Å². The molecule has 0 radical (unpaired) electrons. The maximum atomic E-state index is 14.0. The zero-order valence-electron chi connectivity index (χ0n) is 10.8. The topological polar surface area (TPSA) is 21.3 Å². The molecule has 1 aliphatic heterocycles. The van der Waals surface area contributed by atoms with Crippen LogP contribution in [0.4, 0.5) is 8.78 Å². The highest BCUT2D eigenvalue weighted by Crippen LogP contribution is 2.30. The number of hydrogen-bond acceptors (Lipinski definition) is 2. The number of hydrogen-bond donors (Lipinski definition) is 1. The summed E-state index contributed by atoms with van der Waals surface area (Å²) in [5.41, 5.74) is 0.700. The third-order valence-corrected chi connectivity index (χ3v) is 3.40. The van der Waals surface area contributed by atoms with E-state index in [2.05, 4.69) is 5.32 Å². The molecule has 2 rings (SSSR count). The summed E-state index contributed by atoms with van der Waals surface area (Å²) in [6.07, 6.45) is 1.79. The molecule has 2 nitrogen and oxygen atoms in total. The second-order valence-electron chi connectivity index (χ2n) is 4.69. The largest absolute Gasteiger partial charge is 0.376 e. The van der Waals surface area contributed by atoms with Crippen molar-refractivity contribution in [2.24, 2.45) is 0 Å². The van der Waals surface area contributed by atoms with E-state index in [-0.39, 0.29) is 12.1 Å². The third-order valence-electron chi connectivity index (χ3n) is 3.40. The van der Waals surface area contributed by atoms with E-state index in [9.17, 15) is 8.78 Å². The van der Waals surface area contributed by atoms with Crippen molar-refractivity contribution in [1.29, 1.82) is 0 Å². The Labute approximate surface area is 106 Å². The summed E-state index contributed by atoms with van der Waals surface area (Å²) in [4.78, 5) is 0. The molecule has 18 heavy (non-hydrogen) atoms. The summed E-state index contributed by atoms with van der Waals surface area (Å²) in [5, 5.41) is 3.20. The van der Waals surface area contributed by atoms with Crippen LogP contribution in [0.15, 0.2) is 12.1 Å². The summed E-state index contributed by atoms with van der Waals surface area (Å²) in [6.45, 7) is 4.91. The second kappa shape index (κ2) is 5.76. The first-order valence-corrected chi connectivity index (χ1v) is 6.44. The van der Waals surface area contributed by atoms with Crippen LogP contribution in [0.25, 0.3) is 0 Å². The van der Waals surface area contributed by atoms with Gasteiger partial charge in [-0.15, -0.1) is 0 Å². The summed E-state index contributed by atoms with van der Waals surface area (Å²) in [5.74, 6) is -1.51. The van der Waals surface area contributed by atoms with Gasteiger partial charge >= 0.3 is 0 Å². The van der Waals surface area contributed by atoms with Crippen molar-refractivity contribution in [3.8, 4) is 0 Å². The fourth-order valence-corrected chi connectivity index (χ4v) is 2.43. The summed E-state index contributed by atoms with van der Waals surface area (Å²) in [7, 11) is 0. The fourth-order valence-electron chi connectivity index (χ4n) is 2.43. The van der Waals surface area contributed by atoms with Crippen LogP contribution in [0.3, 0.4) is 0 Å². The Kier molecular flexibility index (Phi) is 4.30. The predicted octanol–water partition coefficient (Wildman–Crippen LogP) is 3.10. The number of aryl methyl sites for hydroxylation is 1. The number of nitrogens with one attached hydrogen (secondary N) is 1. The minimum Gasteiger partial charge on any atom is -0.376 e. The standard InChI is InChI=1S/C14H19F2NO/c1-3-17-14(11-5-4-8-18-11)10-7-6-9(2)12(15)13(10)16/h6-7,11,14,17H,3-5,8H2,1-2H3. The molecule has 0 amide bonds. The quantitative estimate of drug-likeness (QED) is 0.892. The molecule has 100 valence electrons. The predicted molar refractivity (Wildman–Crippen MR) is 66.5 cm³/mol. The van der Waals surface area contributed by atoms with Crippen LogP contribution in [-0.2, 0) is 4.74 Å². The molecule has 4 heteroatoms. The lowest BCUT2D eigenvalue weighted by molar-refractivity contribution is 0.0774. The number of benzene rings is 1. The highest BCUT2D eigenvalue weighted by molar-refractivity contribution is 5.28. The zero-order valence-corrected chi connectivity index (χ0v) is 10.8. The molecule has 1 fully saturated rings. The lowest BCUT2D eigenvalue weighted by atomic mass is 9.97. The van der Waals surface area contributed by atoms with Gasteiger partial charge in [0.05, 0.1) is 12.1 Å². The number of ether oxygens (including phenoxy) is 1. The Bertz CT molecular complexity index is 417. The summed E-state index contributed by atoms with van der Waals surface area (Å²) >= 11 is 0. The fraction of sp³-hybridized carbons (Fsp3) is 0.571. The Balaban J connectivity index is 2.32. The van der Waals surface area contributed by atoms with E-state index in [0.29, 0.717) is 24.3 Å². The van der Waals surface area contributed by atoms with Crippen molar-refractivity contribution in [3.05, 3.63) is 34.9 Å². The van der Waals surface area contributed by atoms with Crippen molar-refractivity contribution >= 4 is 0 Å². The van der Waals surface area contributed by atoms with Crippen molar-refractivity contribution in [2.45, 2.75) is 38.8 Å². The van der Waals surface area contributed by atoms with Gasteiger partial charge in [0.25, 0.3) is 0 Å². The molecule has 1 aromatic rings. The van der Waals surface area contributed by atoms with Gasteiger partial charge in [0, 0.05) is 12.2 Å². The van der Waals surface area contributed by atoms with Crippen LogP contribution in [0, 0.1) is 18.6 Å². The Hall–Kier alpha value is -1.00. The summed E-state index contributed by atoms with van der Waals surface area (Å²) < 4.78 is 33.2. The molecule has 1 heterocycles. The van der Waals surface area contributed by atoms with Crippen molar-refractivity contribution < 1.29 is 13.5 Å². The third kappa shape index (κ3) is 2.54. The van der Waals surface area contributed by atoms with Crippen LogP contribution >= 0.6 is 0 Å². The minimum absolute atomic E-state index is 0.0680. The monoisotopic (exact) mass is 255 g/mol. The van der Waals surface area contributed by atoms with E-state index in [0.717, 1.165) is 12.8 Å². The molecule has 1 aliphatic rings. The number of rotatable bonds is 4. The van der Waals surface area contributed by atoms with Gasteiger partial charge in [-0.05, 0) is 31.9 Å². The van der Waals surface area contributed by atoms with Gasteiger partial charge in [-0.1, -0.05) is 19.1 Å². The first kappa shape index (κ1) is 13.4. The van der Waals surface area contributed by atoms with Crippen molar-refractivity contribution in [3.63, 3.8) is 0 Å². The lowest BCUT2D eigenvalue weighted by Crippen LogP contribution is -2.32. The van der Waals surface area contributed by atoms with Crippen LogP contribution in [0.2, 0.25) is 0 Å². The van der Waals surface area contributed by atoms with Crippen LogP contribution in [0.1, 0.15) is 36.9 Å². The van der Waals surface area contributed by atoms with Gasteiger partial charge in [0.1, 0.15) is 0 Å². The molecule has 0 saturated carbocycles. The van der Waals surface area contributed by atoms with Gasteiger partial charge in [-0.25, -0.2) is 8.78 Å². The SMILES string of the molecule is CCNC(c1ccc(C)c(F)c1F)C1CCCO1. The molecule has 0 aromatic heterocycles. The Morgan fingerprint density at radius 3 is 2.78 bits per heavy atom. The van der Waals surface area contributed by atoms with E-state index in [1.807, 2.05) is 6.92 Å². The molecule has 1 aromatic carbocycles. The Morgan fingerprint density at radius 2 is 2.17 bits per heavy atom. The molecule has 2 unspecified atom stereocenters. The van der Waals surface area contributed by atoms with Crippen molar-refractivity contribution in [2.75, 3.05) is 13.2 Å². The second-order valence-corrected chi connectivity index (χ2v) is 4.69. The molecule has 0 bridgehead atoms. The van der Waals surface area contributed by atoms with Gasteiger partial charge in [0.15, 0.2) is 11.6 Å². The van der Waals surface area contributed by atoms with Crippen LogP contribution in [-0.4, -0.2) is 19.3 Å².